The van der Waals surface area contributed by atoms with Gasteiger partial charge in [-0.15, -0.1) is 0 Å². The second-order valence-corrected chi connectivity index (χ2v) is 5.52. The second kappa shape index (κ2) is 7.10. The number of benzene rings is 1. The van der Waals surface area contributed by atoms with Crippen molar-refractivity contribution in [1.29, 1.82) is 0 Å². The summed E-state index contributed by atoms with van der Waals surface area (Å²) in [6.45, 7) is 2.60. The van der Waals surface area contributed by atoms with Crippen LogP contribution in [-0.2, 0) is 14.4 Å². The fraction of sp³-hybridized carbons (Fsp3) is 0.200. The van der Waals surface area contributed by atoms with Crippen LogP contribution in [0.4, 0.5) is 0 Å². The molecular weight excluding hydrogens is 320 g/mol. The number of para-hydroxylation sites is 1. The maximum atomic E-state index is 11.9. The molecule has 7 nitrogen and oxygen atoms in total. The highest BCUT2D eigenvalue weighted by atomic mass is 32.2. The fourth-order valence-corrected chi connectivity index (χ4v) is 2.67. The zero-order valence-corrected chi connectivity index (χ0v) is 13.5. The molecule has 1 aliphatic rings. The number of methoxy groups -OCH3 is 1. The van der Waals surface area contributed by atoms with E-state index in [0.29, 0.717) is 16.2 Å². The zero-order valence-electron chi connectivity index (χ0n) is 12.7. The summed E-state index contributed by atoms with van der Waals surface area (Å²) in [5.74, 6) is -0.707. The van der Waals surface area contributed by atoms with Gasteiger partial charge in [-0.1, -0.05) is 12.1 Å². The number of ether oxygens (including phenoxy) is 2. The van der Waals surface area contributed by atoms with Crippen LogP contribution in [0.25, 0.3) is 6.08 Å². The molecule has 0 spiro atoms. The monoisotopic (exact) mass is 334 g/mol. The molecule has 0 fully saturated rings. The highest BCUT2D eigenvalue weighted by molar-refractivity contribution is 8.18. The largest absolute Gasteiger partial charge is 0.493 e. The molecule has 1 aliphatic heterocycles. The molecule has 0 aromatic heterocycles. The first-order valence-electron chi connectivity index (χ1n) is 6.56. The number of amides is 2. The smallest absolute Gasteiger partial charge is 0.308 e. The number of hydrogen-bond donors (Lipinski definition) is 1. The van der Waals surface area contributed by atoms with Gasteiger partial charge in [-0.25, -0.2) is 0 Å². The van der Waals surface area contributed by atoms with Crippen LogP contribution in [0, 0.1) is 0 Å². The van der Waals surface area contributed by atoms with Gasteiger partial charge in [0.2, 0.25) is 5.91 Å². The van der Waals surface area contributed by atoms with E-state index in [1.165, 1.54) is 27.0 Å². The summed E-state index contributed by atoms with van der Waals surface area (Å²) in [7, 11) is 1.45. The number of nitrogens with zero attached hydrogens (tertiary/aromatic N) is 1. The molecule has 2 amide bonds. The number of amidine groups is 1. The van der Waals surface area contributed by atoms with E-state index in [1.54, 1.807) is 18.2 Å². The highest BCUT2D eigenvalue weighted by Gasteiger charge is 2.23. The Hall–Kier alpha value is -2.61. The number of carbonyl (C=O) groups excluding carboxylic acids is 3. The molecule has 2 rings (SSSR count). The van der Waals surface area contributed by atoms with Gasteiger partial charge in [-0.2, -0.15) is 4.99 Å². The molecule has 0 aliphatic carbocycles. The van der Waals surface area contributed by atoms with Gasteiger partial charge in [-0.3, -0.25) is 14.4 Å². The normalized spacial score (nSPS) is 15.3. The average Bonchev–Trinajstić information content (AvgIpc) is 2.79. The number of thioether (sulfide) groups is 1. The van der Waals surface area contributed by atoms with Crippen LogP contribution in [0.2, 0.25) is 0 Å². The van der Waals surface area contributed by atoms with E-state index < -0.39 is 11.9 Å². The minimum atomic E-state index is -0.505. The SMILES string of the molecule is COc1cccc(/C=C2/SC(NC(C)=O)=NC2=O)c1OC(C)=O. The van der Waals surface area contributed by atoms with Crippen LogP contribution in [0.3, 0.4) is 0 Å². The number of aliphatic imine (C=N–C) groups is 1. The second-order valence-electron chi connectivity index (χ2n) is 4.49. The third-order valence-corrected chi connectivity index (χ3v) is 3.56. The summed E-state index contributed by atoms with van der Waals surface area (Å²) in [4.78, 5) is 38.2. The molecule has 1 heterocycles. The summed E-state index contributed by atoms with van der Waals surface area (Å²) >= 11 is 1.03. The Bertz CT molecular complexity index is 739. The van der Waals surface area contributed by atoms with E-state index in [-0.39, 0.29) is 16.8 Å². The standard InChI is InChI=1S/C15H14N2O5S/c1-8(18)16-15-17-14(20)12(23-15)7-10-5-4-6-11(21-3)13(10)22-9(2)19/h4-7H,1-3H3,(H,16,17,18,20)/b12-7+. The van der Waals surface area contributed by atoms with Gasteiger partial charge in [0, 0.05) is 19.4 Å². The lowest BCUT2D eigenvalue weighted by atomic mass is 10.1. The Morgan fingerprint density at radius 1 is 1.30 bits per heavy atom. The van der Waals surface area contributed by atoms with Crippen molar-refractivity contribution in [2.75, 3.05) is 7.11 Å². The van der Waals surface area contributed by atoms with Crippen LogP contribution >= 0.6 is 11.8 Å². The minimum absolute atomic E-state index is 0.214. The van der Waals surface area contributed by atoms with Crippen LogP contribution in [0.15, 0.2) is 28.1 Å². The molecule has 1 aromatic rings. The van der Waals surface area contributed by atoms with Gasteiger partial charge in [0.15, 0.2) is 16.7 Å². The maximum Gasteiger partial charge on any atom is 0.308 e. The summed E-state index contributed by atoms with van der Waals surface area (Å²) in [5, 5.41) is 2.67. The molecule has 0 unspecified atom stereocenters. The average molecular weight is 334 g/mol. The lowest BCUT2D eigenvalue weighted by Crippen LogP contribution is -2.23. The van der Waals surface area contributed by atoms with Crippen LogP contribution in [0.5, 0.6) is 11.5 Å². The third kappa shape index (κ3) is 4.19. The number of carbonyl (C=O) groups is 3. The molecule has 0 saturated carbocycles. The van der Waals surface area contributed by atoms with Crippen LogP contribution < -0.4 is 14.8 Å². The van der Waals surface area contributed by atoms with Crippen molar-refractivity contribution in [2.45, 2.75) is 13.8 Å². The first-order chi connectivity index (χ1) is 10.9. The molecule has 0 bridgehead atoms. The van der Waals surface area contributed by atoms with Crippen molar-refractivity contribution in [2.24, 2.45) is 4.99 Å². The van der Waals surface area contributed by atoms with Crippen molar-refractivity contribution >= 4 is 40.8 Å². The first-order valence-corrected chi connectivity index (χ1v) is 7.38. The first kappa shape index (κ1) is 16.8. The molecule has 8 heteroatoms. The van der Waals surface area contributed by atoms with Crippen molar-refractivity contribution in [3.63, 3.8) is 0 Å². The summed E-state index contributed by atoms with van der Waals surface area (Å²) in [6.07, 6.45) is 1.53. The van der Waals surface area contributed by atoms with Gasteiger partial charge >= 0.3 is 5.97 Å². The third-order valence-electron chi connectivity index (χ3n) is 2.67. The van der Waals surface area contributed by atoms with Crippen LogP contribution in [0.1, 0.15) is 19.4 Å². The van der Waals surface area contributed by atoms with Crippen molar-refractivity contribution < 1.29 is 23.9 Å². The lowest BCUT2D eigenvalue weighted by molar-refractivity contribution is -0.132. The van der Waals surface area contributed by atoms with Gasteiger partial charge < -0.3 is 14.8 Å². The molecule has 120 valence electrons. The van der Waals surface area contributed by atoms with E-state index in [0.717, 1.165) is 11.8 Å². The Labute approximate surface area is 136 Å². The van der Waals surface area contributed by atoms with Gasteiger partial charge in [0.1, 0.15) is 0 Å². The minimum Gasteiger partial charge on any atom is -0.493 e. The molecule has 0 saturated heterocycles. The summed E-state index contributed by atoms with van der Waals surface area (Å²) in [6, 6.07) is 5.03. The molecule has 0 atom stereocenters. The molecule has 23 heavy (non-hydrogen) atoms. The predicted octanol–water partition coefficient (Wildman–Crippen LogP) is 1.73. The van der Waals surface area contributed by atoms with Gasteiger partial charge in [0.05, 0.1) is 12.0 Å². The molecular formula is C15H14N2O5S. The summed E-state index contributed by atoms with van der Waals surface area (Å²) < 4.78 is 10.3. The topological polar surface area (TPSA) is 94.1 Å². The number of esters is 1. The van der Waals surface area contributed by atoms with E-state index >= 15 is 0 Å². The van der Waals surface area contributed by atoms with E-state index in [4.69, 9.17) is 9.47 Å². The van der Waals surface area contributed by atoms with E-state index in [1.807, 2.05) is 0 Å². The fourth-order valence-electron chi connectivity index (χ4n) is 1.81. The van der Waals surface area contributed by atoms with Crippen LogP contribution in [-0.4, -0.2) is 30.1 Å². The molecule has 1 N–H and O–H groups in total. The van der Waals surface area contributed by atoms with Gasteiger partial charge in [0.25, 0.3) is 5.91 Å². The van der Waals surface area contributed by atoms with Crippen molar-refractivity contribution in [3.8, 4) is 11.5 Å². The van der Waals surface area contributed by atoms with Crippen molar-refractivity contribution in [3.05, 3.63) is 28.7 Å². The Morgan fingerprint density at radius 3 is 2.65 bits per heavy atom. The Balaban J connectivity index is 2.35. The Morgan fingerprint density at radius 2 is 2.04 bits per heavy atom. The number of nitrogens with one attached hydrogen (secondary N) is 1. The predicted molar refractivity (Wildman–Crippen MR) is 86.1 cm³/mol. The van der Waals surface area contributed by atoms with E-state index in [2.05, 4.69) is 10.3 Å². The summed E-state index contributed by atoms with van der Waals surface area (Å²) in [5.41, 5.74) is 0.495. The zero-order chi connectivity index (χ0) is 17.0. The van der Waals surface area contributed by atoms with Gasteiger partial charge in [-0.05, 0) is 23.9 Å². The maximum absolute atomic E-state index is 11.9. The van der Waals surface area contributed by atoms with E-state index in [9.17, 15) is 14.4 Å². The van der Waals surface area contributed by atoms with Crippen molar-refractivity contribution in [1.82, 2.24) is 5.32 Å². The molecule has 1 aromatic carbocycles. The molecule has 0 radical (unpaired) electrons. The Kier molecular flexibility index (Phi) is 5.17. The highest BCUT2D eigenvalue weighted by Crippen LogP contribution is 2.35. The number of hydrogen-bond acceptors (Lipinski definition) is 6. The quantitative estimate of drug-likeness (QED) is 0.514. The lowest BCUT2D eigenvalue weighted by Gasteiger charge is -2.11. The number of rotatable bonds is 3.